The number of carbonyl (C=O) groups is 1. The molecule has 2 amide bonds. The first-order valence-electron chi connectivity index (χ1n) is 7.04. The Balaban J connectivity index is 1.72. The second-order valence-corrected chi connectivity index (χ2v) is 5.21. The molecule has 4 nitrogen and oxygen atoms in total. The lowest BCUT2D eigenvalue weighted by molar-refractivity contribution is 0.0520. The maximum absolute atomic E-state index is 13.0. The van der Waals surface area contributed by atoms with E-state index in [0.29, 0.717) is 23.7 Å². The minimum Gasteiger partial charge on any atom is -0.381 e. The minimum absolute atomic E-state index is 0.253. The molecule has 2 rings (SSSR count). The number of rotatable bonds is 4. The summed E-state index contributed by atoms with van der Waals surface area (Å²) in [5.74, 6) is 0.238. The monoisotopic (exact) mass is 280 g/mol. The van der Waals surface area contributed by atoms with Crippen LogP contribution >= 0.6 is 0 Å². The van der Waals surface area contributed by atoms with Gasteiger partial charge >= 0.3 is 6.03 Å². The number of hydrogen-bond acceptors (Lipinski definition) is 2. The summed E-state index contributed by atoms with van der Waals surface area (Å²) in [6.45, 7) is 4.03. The number of carbonyl (C=O) groups excluding carboxylic acids is 1. The second-order valence-electron chi connectivity index (χ2n) is 5.21. The summed E-state index contributed by atoms with van der Waals surface area (Å²) >= 11 is 0. The third kappa shape index (κ3) is 4.49. The van der Waals surface area contributed by atoms with E-state index in [-0.39, 0.29) is 11.8 Å². The van der Waals surface area contributed by atoms with Gasteiger partial charge in [-0.2, -0.15) is 0 Å². The second kappa shape index (κ2) is 7.24. The number of hydrogen-bond donors (Lipinski definition) is 2. The number of halogens is 1. The average molecular weight is 280 g/mol. The van der Waals surface area contributed by atoms with Gasteiger partial charge in [-0.05, 0) is 55.9 Å². The van der Waals surface area contributed by atoms with Crippen LogP contribution in [0.15, 0.2) is 18.2 Å². The van der Waals surface area contributed by atoms with Crippen LogP contribution in [-0.2, 0) is 4.74 Å². The number of amides is 2. The van der Waals surface area contributed by atoms with Crippen molar-refractivity contribution in [3.05, 3.63) is 29.6 Å². The highest BCUT2D eigenvalue weighted by molar-refractivity contribution is 5.89. The van der Waals surface area contributed by atoms with Gasteiger partial charge in [-0.1, -0.05) is 0 Å². The van der Waals surface area contributed by atoms with Gasteiger partial charge < -0.3 is 15.4 Å². The van der Waals surface area contributed by atoms with E-state index in [0.717, 1.165) is 26.1 Å². The van der Waals surface area contributed by atoms with Crippen molar-refractivity contribution >= 4 is 11.7 Å². The van der Waals surface area contributed by atoms with Gasteiger partial charge in [0.25, 0.3) is 0 Å². The molecule has 0 aliphatic carbocycles. The topological polar surface area (TPSA) is 50.4 Å². The summed E-state index contributed by atoms with van der Waals surface area (Å²) in [7, 11) is 0. The number of benzene rings is 1. The van der Waals surface area contributed by atoms with Crippen LogP contribution in [0.3, 0.4) is 0 Å². The first-order valence-corrected chi connectivity index (χ1v) is 7.04. The van der Waals surface area contributed by atoms with Crippen LogP contribution < -0.4 is 10.6 Å². The van der Waals surface area contributed by atoms with E-state index < -0.39 is 0 Å². The predicted octanol–water partition coefficient (Wildman–Crippen LogP) is 3.07. The van der Waals surface area contributed by atoms with Crippen LogP contribution in [0.2, 0.25) is 0 Å². The van der Waals surface area contributed by atoms with Gasteiger partial charge in [0.2, 0.25) is 0 Å². The zero-order valence-corrected chi connectivity index (χ0v) is 11.7. The quantitative estimate of drug-likeness (QED) is 0.890. The Bertz CT molecular complexity index is 459. The molecule has 0 aromatic heterocycles. The molecule has 1 aliphatic rings. The molecule has 1 saturated heterocycles. The molecule has 1 atom stereocenters. The number of anilines is 1. The molecule has 1 unspecified atom stereocenters. The van der Waals surface area contributed by atoms with Gasteiger partial charge in [0, 0.05) is 25.4 Å². The van der Waals surface area contributed by atoms with Crippen LogP contribution in [0.5, 0.6) is 0 Å². The van der Waals surface area contributed by atoms with Crippen molar-refractivity contribution in [2.75, 3.05) is 25.1 Å². The van der Waals surface area contributed by atoms with Crippen molar-refractivity contribution < 1.29 is 13.9 Å². The number of urea groups is 1. The maximum Gasteiger partial charge on any atom is 0.319 e. The van der Waals surface area contributed by atoms with E-state index in [1.54, 1.807) is 13.0 Å². The molecule has 2 N–H and O–H groups in total. The molecule has 1 aliphatic heterocycles. The van der Waals surface area contributed by atoms with Crippen LogP contribution in [-0.4, -0.2) is 25.8 Å². The van der Waals surface area contributed by atoms with E-state index in [1.165, 1.54) is 18.6 Å². The standard InChI is InChI=1S/C15H21FN2O2/c1-11-9-13(16)4-5-14(11)18-15(19)17-7-6-12-3-2-8-20-10-12/h4-5,9,12H,2-3,6-8,10H2,1H3,(H2,17,18,19). The van der Waals surface area contributed by atoms with Crippen molar-refractivity contribution in [3.8, 4) is 0 Å². The van der Waals surface area contributed by atoms with Gasteiger partial charge in [-0.25, -0.2) is 9.18 Å². The van der Waals surface area contributed by atoms with Gasteiger partial charge in [0.05, 0.1) is 0 Å². The van der Waals surface area contributed by atoms with E-state index in [1.807, 2.05) is 0 Å². The largest absolute Gasteiger partial charge is 0.381 e. The Morgan fingerprint density at radius 2 is 2.35 bits per heavy atom. The molecule has 0 saturated carbocycles. The van der Waals surface area contributed by atoms with Crippen molar-refractivity contribution in [2.24, 2.45) is 5.92 Å². The summed E-state index contributed by atoms with van der Waals surface area (Å²) in [6.07, 6.45) is 3.20. The third-order valence-corrected chi connectivity index (χ3v) is 3.53. The van der Waals surface area contributed by atoms with Gasteiger partial charge in [0.1, 0.15) is 5.82 Å². The van der Waals surface area contributed by atoms with Crippen molar-refractivity contribution in [1.82, 2.24) is 5.32 Å². The minimum atomic E-state index is -0.300. The molecule has 1 fully saturated rings. The van der Waals surface area contributed by atoms with Crippen LogP contribution in [0, 0.1) is 18.7 Å². The fraction of sp³-hybridized carbons (Fsp3) is 0.533. The summed E-state index contributed by atoms with van der Waals surface area (Å²) in [5.41, 5.74) is 1.34. The molecule has 5 heteroatoms. The van der Waals surface area contributed by atoms with Gasteiger partial charge in [-0.15, -0.1) is 0 Å². The normalized spacial score (nSPS) is 18.6. The maximum atomic E-state index is 13.0. The molecule has 0 bridgehead atoms. The predicted molar refractivity (Wildman–Crippen MR) is 76.3 cm³/mol. The Morgan fingerprint density at radius 1 is 1.50 bits per heavy atom. The van der Waals surface area contributed by atoms with Gasteiger partial charge in [-0.3, -0.25) is 0 Å². The molecular formula is C15H21FN2O2. The van der Waals surface area contributed by atoms with Crippen molar-refractivity contribution in [1.29, 1.82) is 0 Å². The highest BCUT2D eigenvalue weighted by atomic mass is 19.1. The molecule has 0 spiro atoms. The summed E-state index contributed by atoms with van der Waals surface area (Å²) in [6, 6.07) is 4.05. The van der Waals surface area contributed by atoms with E-state index in [4.69, 9.17) is 4.74 Å². The lowest BCUT2D eigenvalue weighted by atomic mass is 9.99. The highest BCUT2D eigenvalue weighted by Crippen LogP contribution is 2.17. The van der Waals surface area contributed by atoms with Crippen molar-refractivity contribution in [3.63, 3.8) is 0 Å². The lowest BCUT2D eigenvalue weighted by Crippen LogP contribution is -2.31. The molecule has 1 aromatic carbocycles. The molecule has 1 heterocycles. The van der Waals surface area contributed by atoms with Gasteiger partial charge in [0.15, 0.2) is 0 Å². The number of ether oxygens (including phenoxy) is 1. The van der Waals surface area contributed by atoms with E-state index in [2.05, 4.69) is 10.6 Å². The fourth-order valence-electron chi connectivity index (χ4n) is 2.36. The first-order chi connectivity index (χ1) is 9.65. The molecular weight excluding hydrogens is 259 g/mol. The van der Waals surface area contributed by atoms with E-state index in [9.17, 15) is 9.18 Å². The summed E-state index contributed by atoms with van der Waals surface area (Å²) in [5, 5.41) is 5.55. The van der Waals surface area contributed by atoms with Crippen LogP contribution in [0.25, 0.3) is 0 Å². The Hall–Kier alpha value is -1.62. The van der Waals surface area contributed by atoms with Crippen LogP contribution in [0.1, 0.15) is 24.8 Å². The molecule has 1 aromatic rings. The molecule has 20 heavy (non-hydrogen) atoms. The fourth-order valence-corrected chi connectivity index (χ4v) is 2.36. The molecule has 110 valence electrons. The summed E-state index contributed by atoms with van der Waals surface area (Å²) < 4.78 is 18.4. The van der Waals surface area contributed by atoms with E-state index >= 15 is 0 Å². The third-order valence-electron chi connectivity index (χ3n) is 3.53. The number of nitrogens with one attached hydrogen (secondary N) is 2. The Kier molecular flexibility index (Phi) is 5.35. The Morgan fingerprint density at radius 3 is 3.05 bits per heavy atom. The smallest absolute Gasteiger partial charge is 0.319 e. The first kappa shape index (κ1) is 14.8. The molecule has 0 radical (unpaired) electrons. The SMILES string of the molecule is Cc1cc(F)ccc1NC(=O)NCCC1CCCOC1. The van der Waals surface area contributed by atoms with Crippen molar-refractivity contribution in [2.45, 2.75) is 26.2 Å². The highest BCUT2D eigenvalue weighted by Gasteiger charge is 2.13. The average Bonchev–Trinajstić information content (AvgIpc) is 2.43. The zero-order chi connectivity index (χ0) is 14.4. The number of aryl methyl sites for hydroxylation is 1. The zero-order valence-electron chi connectivity index (χ0n) is 11.7. The Labute approximate surface area is 118 Å². The summed E-state index contributed by atoms with van der Waals surface area (Å²) in [4.78, 5) is 11.7. The van der Waals surface area contributed by atoms with Crippen LogP contribution in [0.4, 0.5) is 14.9 Å². The lowest BCUT2D eigenvalue weighted by Gasteiger charge is -2.22.